The maximum Gasteiger partial charge on any atom is 0.0490 e. The number of H-pyrrole nitrogens is 1. The van der Waals surface area contributed by atoms with Gasteiger partial charge in [0.15, 0.2) is 0 Å². The predicted molar refractivity (Wildman–Crippen MR) is 66.0 cm³/mol. The Labute approximate surface area is 98.0 Å². The van der Waals surface area contributed by atoms with Crippen molar-refractivity contribution in [3.63, 3.8) is 0 Å². The van der Waals surface area contributed by atoms with Crippen LogP contribution in [-0.2, 0) is 6.54 Å². The highest BCUT2D eigenvalue weighted by Crippen LogP contribution is 2.38. The van der Waals surface area contributed by atoms with E-state index in [1.807, 2.05) is 12.3 Å². The molecule has 0 aromatic carbocycles. The largest absolute Gasteiger partial charge is 0.308 e. The summed E-state index contributed by atoms with van der Waals surface area (Å²) in [5, 5.41) is 10.6. The monoisotopic (exact) mass is 221 g/mol. The Hall–Kier alpha value is -0.830. The lowest BCUT2D eigenvalue weighted by Gasteiger charge is -2.39. The van der Waals surface area contributed by atoms with Gasteiger partial charge in [0.05, 0.1) is 0 Å². The van der Waals surface area contributed by atoms with Crippen LogP contribution in [-0.4, -0.2) is 16.2 Å². The van der Waals surface area contributed by atoms with Gasteiger partial charge in [-0.1, -0.05) is 20.8 Å². The van der Waals surface area contributed by atoms with Crippen molar-refractivity contribution in [2.75, 3.05) is 0 Å². The van der Waals surface area contributed by atoms with Crippen molar-refractivity contribution >= 4 is 0 Å². The van der Waals surface area contributed by atoms with E-state index in [2.05, 4.69) is 36.3 Å². The minimum absolute atomic E-state index is 0.533. The van der Waals surface area contributed by atoms with Crippen molar-refractivity contribution in [3.8, 4) is 0 Å². The highest BCUT2D eigenvalue weighted by molar-refractivity contribution is 4.98. The van der Waals surface area contributed by atoms with Crippen LogP contribution in [0.4, 0.5) is 0 Å². The summed E-state index contributed by atoms with van der Waals surface area (Å²) in [4.78, 5) is 0. The van der Waals surface area contributed by atoms with Crippen LogP contribution in [0.25, 0.3) is 0 Å². The highest BCUT2D eigenvalue weighted by atomic mass is 15.1. The summed E-state index contributed by atoms with van der Waals surface area (Å²) in [6, 6.07) is 2.70. The molecule has 1 aliphatic carbocycles. The molecule has 3 nitrogen and oxygen atoms in total. The Balaban J connectivity index is 1.83. The molecule has 0 bridgehead atoms. The van der Waals surface area contributed by atoms with Gasteiger partial charge in [0.1, 0.15) is 0 Å². The number of aromatic amines is 1. The lowest BCUT2D eigenvalue weighted by molar-refractivity contribution is 0.148. The molecule has 0 aliphatic heterocycles. The van der Waals surface area contributed by atoms with E-state index < -0.39 is 0 Å². The third kappa shape index (κ3) is 2.85. The first kappa shape index (κ1) is 11.6. The number of hydrogen-bond donors (Lipinski definition) is 2. The van der Waals surface area contributed by atoms with Crippen LogP contribution in [0.3, 0.4) is 0 Å². The summed E-state index contributed by atoms with van der Waals surface area (Å²) in [7, 11) is 0. The van der Waals surface area contributed by atoms with E-state index in [0.717, 1.165) is 12.5 Å². The van der Waals surface area contributed by atoms with Crippen molar-refractivity contribution in [2.45, 2.75) is 52.6 Å². The lowest BCUT2D eigenvalue weighted by atomic mass is 9.70. The first-order valence-corrected chi connectivity index (χ1v) is 6.28. The van der Waals surface area contributed by atoms with Crippen LogP contribution < -0.4 is 5.32 Å². The predicted octanol–water partition coefficient (Wildman–Crippen LogP) is 2.71. The average Bonchev–Trinajstić information content (AvgIpc) is 2.68. The van der Waals surface area contributed by atoms with Crippen molar-refractivity contribution in [1.29, 1.82) is 0 Å². The fraction of sp³-hybridized carbons (Fsp3) is 0.769. The van der Waals surface area contributed by atoms with Gasteiger partial charge in [0.25, 0.3) is 0 Å². The normalized spacial score (nSPS) is 29.2. The van der Waals surface area contributed by atoms with Crippen LogP contribution in [0.15, 0.2) is 12.3 Å². The highest BCUT2D eigenvalue weighted by Gasteiger charge is 2.31. The minimum Gasteiger partial charge on any atom is -0.308 e. The van der Waals surface area contributed by atoms with Gasteiger partial charge in [0.2, 0.25) is 0 Å². The standard InChI is InChI=1S/C13H23N3/c1-10-8-13(2,3)6-4-12(10)14-9-11-5-7-15-16-11/h5,7,10,12,14H,4,6,8-9H2,1-3H3,(H,15,16). The Morgan fingerprint density at radius 1 is 1.56 bits per heavy atom. The van der Waals surface area contributed by atoms with E-state index in [4.69, 9.17) is 0 Å². The molecule has 1 heterocycles. The maximum atomic E-state index is 3.96. The molecule has 16 heavy (non-hydrogen) atoms. The van der Waals surface area contributed by atoms with E-state index in [1.165, 1.54) is 25.0 Å². The fourth-order valence-electron chi connectivity index (χ4n) is 2.87. The minimum atomic E-state index is 0.533. The zero-order chi connectivity index (χ0) is 11.6. The topological polar surface area (TPSA) is 40.7 Å². The maximum absolute atomic E-state index is 3.96. The van der Waals surface area contributed by atoms with Crippen LogP contribution in [0.5, 0.6) is 0 Å². The van der Waals surface area contributed by atoms with Crippen LogP contribution in [0, 0.1) is 11.3 Å². The number of aromatic nitrogens is 2. The van der Waals surface area contributed by atoms with Gasteiger partial charge in [-0.25, -0.2) is 0 Å². The second kappa shape index (κ2) is 4.58. The summed E-state index contributed by atoms with van der Waals surface area (Å²) in [5.74, 6) is 0.770. The van der Waals surface area contributed by atoms with Gasteiger partial charge in [0, 0.05) is 24.5 Å². The van der Waals surface area contributed by atoms with E-state index >= 15 is 0 Å². The fourth-order valence-corrected chi connectivity index (χ4v) is 2.87. The van der Waals surface area contributed by atoms with E-state index in [9.17, 15) is 0 Å². The quantitative estimate of drug-likeness (QED) is 0.824. The van der Waals surface area contributed by atoms with Crippen molar-refractivity contribution < 1.29 is 0 Å². The molecule has 1 aromatic rings. The van der Waals surface area contributed by atoms with Gasteiger partial charge >= 0.3 is 0 Å². The van der Waals surface area contributed by atoms with Crippen molar-refractivity contribution in [1.82, 2.24) is 15.5 Å². The van der Waals surface area contributed by atoms with E-state index in [0.29, 0.717) is 11.5 Å². The molecular weight excluding hydrogens is 198 g/mol. The molecule has 0 amide bonds. The Morgan fingerprint density at radius 3 is 3.00 bits per heavy atom. The third-order valence-corrected chi connectivity index (χ3v) is 3.81. The Bertz CT molecular complexity index is 316. The molecule has 2 N–H and O–H groups in total. The van der Waals surface area contributed by atoms with Gasteiger partial charge in [-0.05, 0) is 36.7 Å². The average molecular weight is 221 g/mol. The number of rotatable bonds is 3. The first-order chi connectivity index (χ1) is 7.57. The molecule has 2 atom stereocenters. The van der Waals surface area contributed by atoms with Crippen LogP contribution in [0.1, 0.15) is 45.7 Å². The summed E-state index contributed by atoms with van der Waals surface area (Å²) in [6.45, 7) is 8.05. The molecule has 1 aliphatic rings. The van der Waals surface area contributed by atoms with Gasteiger partial charge in [-0.15, -0.1) is 0 Å². The zero-order valence-electron chi connectivity index (χ0n) is 10.6. The molecule has 0 radical (unpaired) electrons. The molecule has 2 rings (SSSR count). The molecule has 1 fully saturated rings. The second-order valence-corrected chi connectivity index (χ2v) is 5.95. The molecular formula is C13H23N3. The van der Waals surface area contributed by atoms with Gasteiger partial charge in [-0.2, -0.15) is 5.10 Å². The molecule has 1 saturated carbocycles. The summed E-state index contributed by atoms with van der Waals surface area (Å²) >= 11 is 0. The Kier molecular flexibility index (Phi) is 3.33. The third-order valence-electron chi connectivity index (χ3n) is 3.81. The number of hydrogen-bond acceptors (Lipinski definition) is 2. The van der Waals surface area contributed by atoms with Crippen LogP contribution >= 0.6 is 0 Å². The summed E-state index contributed by atoms with van der Waals surface area (Å²) in [5.41, 5.74) is 1.71. The SMILES string of the molecule is CC1CC(C)(C)CCC1NCc1ccn[nH]1. The van der Waals surface area contributed by atoms with E-state index in [-0.39, 0.29) is 0 Å². The Morgan fingerprint density at radius 2 is 2.38 bits per heavy atom. The summed E-state index contributed by atoms with van der Waals surface area (Å²) in [6.07, 6.45) is 5.76. The number of nitrogens with one attached hydrogen (secondary N) is 2. The molecule has 90 valence electrons. The van der Waals surface area contributed by atoms with Gasteiger partial charge in [-0.3, -0.25) is 5.10 Å². The van der Waals surface area contributed by atoms with Crippen molar-refractivity contribution in [3.05, 3.63) is 18.0 Å². The molecule has 0 spiro atoms. The molecule has 0 saturated heterocycles. The second-order valence-electron chi connectivity index (χ2n) is 5.95. The van der Waals surface area contributed by atoms with Crippen molar-refractivity contribution in [2.24, 2.45) is 11.3 Å². The molecule has 3 heteroatoms. The number of nitrogens with zero attached hydrogens (tertiary/aromatic N) is 1. The first-order valence-electron chi connectivity index (χ1n) is 6.28. The smallest absolute Gasteiger partial charge is 0.0490 e. The zero-order valence-corrected chi connectivity index (χ0v) is 10.6. The lowest BCUT2D eigenvalue weighted by Crippen LogP contribution is -2.41. The van der Waals surface area contributed by atoms with Crippen LogP contribution in [0.2, 0.25) is 0 Å². The molecule has 2 unspecified atom stereocenters. The van der Waals surface area contributed by atoms with Gasteiger partial charge < -0.3 is 5.32 Å². The van der Waals surface area contributed by atoms with E-state index in [1.54, 1.807) is 0 Å². The summed E-state index contributed by atoms with van der Waals surface area (Å²) < 4.78 is 0. The molecule has 1 aromatic heterocycles.